The maximum atomic E-state index is 5.50. The standard InChI is InChI=1S/C12H18N4/c1-10(4-3-7-13)15-12-6-2-5-11-14-8-9-16(11)12/h2,5-6,8-10,15H,3-4,7,13H2,1H3. The van der Waals surface area contributed by atoms with E-state index in [1.807, 2.05) is 24.5 Å². The number of nitrogens with zero attached hydrogens (tertiary/aromatic N) is 2. The van der Waals surface area contributed by atoms with Crippen LogP contribution in [-0.2, 0) is 0 Å². The maximum absolute atomic E-state index is 5.50. The van der Waals surface area contributed by atoms with Crippen LogP contribution in [0.1, 0.15) is 19.8 Å². The van der Waals surface area contributed by atoms with Gasteiger partial charge < -0.3 is 11.1 Å². The number of hydrogen-bond donors (Lipinski definition) is 2. The number of nitrogens with one attached hydrogen (secondary N) is 1. The van der Waals surface area contributed by atoms with Crippen molar-refractivity contribution in [3.8, 4) is 0 Å². The molecule has 0 fully saturated rings. The van der Waals surface area contributed by atoms with Crippen LogP contribution < -0.4 is 11.1 Å². The number of fused-ring (bicyclic) bond motifs is 1. The second-order valence-corrected chi connectivity index (χ2v) is 4.04. The highest BCUT2D eigenvalue weighted by Gasteiger charge is 2.04. The van der Waals surface area contributed by atoms with E-state index in [1.54, 1.807) is 0 Å². The number of aromatic nitrogens is 2. The molecule has 0 aliphatic heterocycles. The summed E-state index contributed by atoms with van der Waals surface area (Å²) in [6, 6.07) is 6.50. The maximum Gasteiger partial charge on any atom is 0.138 e. The molecular weight excluding hydrogens is 200 g/mol. The van der Waals surface area contributed by atoms with Gasteiger partial charge in [0.2, 0.25) is 0 Å². The van der Waals surface area contributed by atoms with Gasteiger partial charge in [0.05, 0.1) is 0 Å². The smallest absolute Gasteiger partial charge is 0.138 e. The van der Waals surface area contributed by atoms with Gasteiger partial charge in [-0.3, -0.25) is 4.40 Å². The number of anilines is 1. The summed E-state index contributed by atoms with van der Waals surface area (Å²) in [6.07, 6.45) is 5.91. The van der Waals surface area contributed by atoms with Crippen LogP contribution in [0, 0.1) is 0 Å². The van der Waals surface area contributed by atoms with Crippen molar-refractivity contribution in [2.45, 2.75) is 25.8 Å². The van der Waals surface area contributed by atoms with Crippen molar-refractivity contribution in [3.63, 3.8) is 0 Å². The van der Waals surface area contributed by atoms with Gasteiger partial charge in [0.15, 0.2) is 0 Å². The molecule has 0 spiro atoms. The first-order valence-corrected chi connectivity index (χ1v) is 5.70. The zero-order valence-electron chi connectivity index (χ0n) is 9.56. The quantitative estimate of drug-likeness (QED) is 0.805. The lowest BCUT2D eigenvalue weighted by molar-refractivity contribution is 0.660. The highest BCUT2D eigenvalue weighted by Crippen LogP contribution is 2.13. The highest BCUT2D eigenvalue weighted by atomic mass is 15.1. The lowest BCUT2D eigenvalue weighted by Gasteiger charge is -2.15. The lowest BCUT2D eigenvalue weighted by atomic mass is 10.2. The van der Waals surface area contributed by atoms with Gasteiger partial charge in [-0.15, -0.1) is 0 Å². The fourth-order valence-electron chi connectivity index (χ4n) is 1.81. The molecule has 0 radical (unpaired) electrons. The van der Waals surface area contributed by atoms with Crippen molar-refractivity contribution in [3.05, 3.63) is 30.6 Å². The van der Waals surface area contributed by atoms with Crippen molar-refractivity contribution < 1.29 is 0 Å². The Morgan fingerprint density at radius 2 is 2.38 bits per heavy atom. The highest BCUT2D eigenvalue weighted by molar-refractivity contribution is 5.50. The molecule has 0 bridgehead atoms. The van der Waals surface area contributed by atoms with Gasteiger partial charge >= 0.3 is 0 Å². The second kappa shape index (κ2) is 4.99. The molecule has 0 aromatic carbocycles. The average molecular weight is 218 g/mol. The van der Waals surface area contributed by atoms with Crippen molar-refractivity contribution in [1.29, 1.82) is 0 Å². The van der Waals surface area contributed by atoms with Crippen LogP contribution in [0.2, 0.25) is 0 Å². The molecular formula is C12H18N4. The molecule has 2 aromatic rings. The van der Waals surface area contributed by atoms with E-state index < -0.39 is 0 Å². The number of rotatable bonds is 5. The third-order valence-corrected chi connectivity index (χ3v) is 2.66. The van der Waals surface area contributed by atoms with Gasteiger partial charge in [-0.2, -0.15) is 0 Å². The molecule has 0 amide bonds. The fraction of sp³-hybridized carbons (Fsp3) is 0.417. The monoisotopic (exact) mass is 218 g/mol. The molecule has 2 rings (SSSR count). The third-order valence-electron chi connectivity index (χ3n) is 2.66. The van der Waals surface area contributed by atoms with E-state index in [4.69, 9.17) is 5.73 Å². The zero-order valence-corrected chi connectivity index (χ0v) is 9.56. The van der Waals surface area contributed by atoms with Crippen LogP contribution in [0.5, 0.6) is 0 Å². The summed E-state index contributed by atoms with van der Waals surface area (Å²) in [7, 11) is 0. The third kappa shape index (κ3) is 2.33. The molecule has 0 saturated heterocycles. The second-order valence-electron chi connectivity index (χ2n) is 4.04. The predicted molar refractivity (Wildman–Crippen MR) is 66.6 cm³/mol. The first-order chi connectivity index (χ1) is 7.81. The molecule has 16 heavy (non-hydrogen) atoms. The van der Waals surface area contributed by atoms with Crippen LogP contribution in [0.3, 0.4) is 0 Å². The Morgan fingerprint density at radius 3 is 3.19 bits per heavy atom. The molecule has 4 heteroatoms. The van der Waals surface area contributed by atoms with Gasteiger partial charge in [0.25, 0.3) is 0 Å². The largest absolute Gasteiger partial charge is 0.369 e. The summed E-state index contributed by atoms with van der Waals surface area (Å²) in [4.78, 5) is 4.25. The summed E-state index contributed by atoms with van der Waals surface area (Å²) < 4.78 is 2.05. The first kappa shape index (κ1) is 11.0. The summed E-state index contributed by atoms with van der Waals surface area (Å²) >= 11 is 0. The van der Waals surface area contributed by atoms with Gasteiger partial charge in [-0.1, -0.05) is 6.07 Å². The lowest BCUT2D eigenvalue weighted by Crippen LogP contribution is -2.18. The zero-order chi connectivity index (χ0) is 11.4. The van der Waals surface area contributed by atoms with E-state index in [2.05, 4.69) is 27.7 Å². The molecule has 4 nitrogen and oxygen atoms in total. The van der Waals surface area contributed by atoms with Crippen molar-refractivity contribution in [2.24, 2.45) is 5.73 Å². The topological polar surface area (TPSA) is 55.3 Å². The Kier molecular flexibility index (Phi) is 3.41. The fourth-order valence-corrected chi connectivity index (χ4v) is 1.81. The van der Waals surface area contributed by atoms with Crippen molar-refractivity contribution in [2.75, 3.05) is 11.9 Å². The van der Waals surface area contributed by atoms with Gasteiger partial charge in [-0.25, -0.2) is 4.98 Å². The van der Waals surface area contributed by atoms with E-state index in [-0.39, 0.29) is 0 Å². The number of imidazole rings is 1. The summed E-state index contributed by atoms with van der Waals surface area (Å²) in [5.74, 6) is 1.08. The normalized spacial score (nSPS) is 12.9. The summed E-state index contributed by atoms with van der Waals surface area (Å²) in [6.45, 7) is 2.92. The number of pyridine rings is 1. The molecule has 1 unspecified atom stereocenters. The molecule has 3 N–H and O–H groups in total. The molecule has 1 atom stereocenters. The van der Waals surface area contributed by atoms with E-state index in [0.29, 0.717) is 6.04 Å². The molecule has 2 heterocycles. The minimum absolute atomic E-state index is 0.427. The molecule has 0 saturated carbocycles. The Balaban J connectivity index is 2.11. The van der Waals surface area contributed by atoms with Crippen LogP contribution in [-0.4, -0.2) is 22.0 Å². The van der Waals surface area contributed by atoms with Gasteiger partial charge in [0.1, 0.15) is 11.5 Å². The van der Waals surface area contributed by atoms with E-state index in [1.165, 1.54) is 0 Å². The Bertz CT molecular complexity index is 449. The van der Waals surface area contributed by atoms with Crippen LogP contribution in [0.4, 0.5) is 5.82 Å². The first-order valence-electron chi connectivity index (χ1n) is 5.70. The number of nitrogens with two attached hydrogens (primary N) is 1. The van der Waals surface area contributed by atoms with E-state index in [9.17, 15) is 0 Å². The number of hydrogen-bond acceptors (Lipinski definition) is 3. The minimum Gasteiger partial charge on any atom is -0.369 e. The van der Waals surface area contributed by atoms with Gasteiger partial charge in [0, 0.05) is 18.4 Å². The molecule has 2 aromatic heterocycles. The Morgan fingerprint density at radius 1 is 1.50 bits per heavy atom. The molecule has 0 aliphatic carbocycles. The SMILES string of the molecule is CC(CCCN)Nc1cccc2nccn12. The Labute approximate surface area is 95.5 Å². The van der Waals surface area contributed by atoms with Crippen LogP contribution in [0.15, 0.2) is 30.6 Å². The van der Waals surface area contributed by atoms with E-state index >= 15 is 0 Å². The van der Waals surface area contributed by atoms with Crippen molar-refractivity contribution >= 4 is 11.5 Å². The van der Waals surface area contributed by atoms with E-state index in [0.717, 1.165) is 30.9 Å². The Hall–Kier alpha value is -1.55. The van der Waals surface area contributed by atoms with Crippen molar-refractivity contribution in [1.82, 2.24) is 9.38 Å². The van der Waals surface area contributed by atoms with Crippen LogP contribution in [0.25, 0.3) is 5.65 Å². The molecule has 0 aliphatic rings. The summed E-state index contributed by atoms with van der Waals surface area (Å²) in [5.41, 5.74) is 6.47. The van der Waals surface area contributed by atoms with Crippen LogP contribution >= 0.6 is 0 Å². The average Bonchev–Trinajstić information content (AvgIpc) is 2.75. The van der Waals surface area contributed by atoms with Gasteiger partial charge in [-0.05, 0) is 38.4 Å². The molecule has 86 valence electrons. The minimum atomic E-state index is 0.427. The predicted octanol–water partition coefficient (Wildman–Crippen LogP) is 1.87. The summed E-state index contributed by atoms with van der Waals surface area (Å²) in [5, 5.41) is 3.47.